The van der Waals surface area contributed by atoms with Gasteiger partial charge in [0.15, 0.2) is 5.78 Å². The van der Waals surface area contributed by atoms with Gasteiger partial charge in [0.05, 0.1) is 12.3 Å². The molecule has 0 radical (unpaired) electrons. The molecular weight excluding hydrogens is 233 g/mol. The standard InChI is InChI=1S/C11H9F3N2O/c1-2-7-15-10(11(12,13)14)16-8-3-5-9(17)6-4-8/h2-6H,1,7H2. The van der Waals surface area contributed by atoms with Gasteiger partial charge in [-0.1, -0.05) is 6.08 Å². The van der Waals surface area contributed by atoms with Crippen LogP contribution >= 0.6 is 0 Å². The number of ketones is 1. The third-order valence-corrected chi connectivity index (χ3v) is 1.70. The van der Waals surface area contributed by atoms with Gasteiger partial charge < -0.3 is 0 Å². The number of hydrogen-bond acceptors (Lipinski definition) is 2. The fraction of sp³-hybridized carbons (Fsp3) is 0.182. The third-order valence-electron chi connectivity index (χ3n) is 1.70. The van der Waals surface area contributed by atoms with Crippen molar-refractivity contribution in [3.05, 3.63) is 37.0 Å². The van der Waals surface area contributed by atoms with Crippen molar-refractivity contribution in [2.45, 2.75) is 6.18 Å². The Balaban J connectivity index is 2.98. The van der Waals surface area contributed by atoms with Gasteiger partial charge in [0, 0.05) is 0 Å². The minimum Gasteiger partial charge on any atom is -0.290 e. The molecular formula is C11H9F3N2O. The van der Waals surface area contributed by atoms with Gasteiger partial charge in [0.1, 0.15) is 0 Å². The number of hydrogen-bond donors (Lipinski definition) is 0. The molecule has 0 saturated heterocycles. The summed E-state index contributed by atoms with van der Waals surface area (Å²) in [7, 11) is 0. The molecule has 90 valence electrons. The maximum absolute atomic E-state index is 12.5. The summed E-state index contributed by atoms with van der Waals surface area (Å²) >= 11 is 0. The monoisotopic (exact) mass is 242 g/mol. The quantitative estimate of drug-likeness (QED) is 0.317. The summed E-state index contributed by atoms with van der Waals surface area (Å²) in [4.78, 5) is 17.4. The number of halogens is 3. The summed E-state index contributed by atoms with van der Waals surface area (Å²) in [5.74, 6) is -1.53. The molecule has 0 spiro atoms. The highest BCUT2D eigenvalue weighted by molar-refractivity contribution is 6.19. The Morgan fingerprint density at radius 1 is 1.29 bits per heavy atom. The topological polar surface area (TPSA) is 41.8 Å². The van der Waals surface area contributed by atoms with Crippen LogP contribution in [-0.2, 0) is 4.79 Å². The lowest BCUT2D eigenvalue weighted by molar-refractivity contribution is -0.110. The van der Waals surface area contributed by atoms with Crippen LogP contribution in [0.1, 0.15) is 0 Å². The molecule has 17 heavy (non-hydrogen) atoms. The van der Waals surface area contributed by atoms with Crippen LogP contribution in [0.2, 0.25) is 0 Å². The first-order valence-corrected chi connectivity index (χ1v) is 4.65. The first-order chi connectivity index (χ1) is 7.93. The van der Waals surface area contributed by atoms with Crippen LogP contribution in [0.4, 0.5) is 13.2 Å². The molecule has 1 aliphatic carbocycles. The van der Waals surface area contributed by atoms with Crippen molar-refractivity contribution in [3.8, 4) is 0 Å². The number of nitrogens with zero attached hydrogens (tertiary/aromatic N) is 2. The zero-order valence-corrected chi connectivity index (χ0v) is 8.74. The fourth-order valence-electron chi connectivity index (χ4n) is 0.982. The molecule has 0 fully saturated rings. The molecule has 0 aromatic heterocycles. The van der Waals surface area contributed by atoms with E-state index in [1.807, 2.05) is 0 Å². The summed E-state index contributed by atoms with van der Waals surface area (Å²) in [5.41, 5.74) is 0.0322. The second-order valence-corrected chi connectivity index (χ2v) is 3.06. The van der Waals surface area contributed by atoms with Crippen LogP contribution in [0.15, 0.2) is 46.9 Å². The SMILES string of the molecule is C=CCN=C(N=C1C=CC(=O)C=C1)C(F)(F)F. The predicted molar refractivity (Wildman–Crippen MR) is 59.3 cm³/mol. The molecule has 0 heterocycles. The molecule has 0 aromatic carbocycles. The van der Waals surface area contributed by atoms with Gasteiger partial charge >= 0.3 is 6.18 Å². The fourth-order valence-corrected chi connectivity index (χ4v) is 0.982. The lowest BCUT2D eigenvalue weighted by atomic mass is 10.1. The Bertz CT molecular complexity index is 424. The van der Waals surface area contributed by atoms with E-state index in [-0.39, 0.29) is 18.0 Å². The summed E-state index contributed by atoms with van der Waals surface area (Å²) in [6.45, 7) is 3.11. The van der Waals surface area contributed by atoms with E-state index in [0.29, 0.717) is 0 Å². The highest BCUT2D eigenvalue weighted by Gasteiger charge is 2.35. The maximum Gasteiger partial charge on any atom is 0.451 e. The Morgan fingerprint density at radius 2 is 1.88 bits per heavy atom. The number of amidine groups is 1. The van der Waals surface area contributed by atoms with Gasteiger partial charge in [-0.2, -0.15) is 13.2 Å². The summed E-state index contributed by atoms with van der Waals surface area (Å²) in [5, 5.41) is 0. The molecule has 6 heteroatoms. The molecule has 1 aliphatic rings. The number of alkyl halides is 3. The van der Waals surface area contributed by atoms with Gasteiger partial charge in [-0.25, -0.2) is 4.99 Å². The molecule has 0 aliphatic heterocycles. The minimum atomic E-state index is -4.63. The van der Waals surface area contributed by atoms with E-state index in [4.69, 9.17) is 0 Å². The smallest absolute Gasteiger partial charge is 0.290 e. The van der Waals surface area contributed by atoms with E-state index in [1.54, 1.807) is 0 Å². The van der Waals surface area contributed by atoms with Gasteiger partial charge in [-0.05, 0) is 24.3 Å². The van der Waals surface area contributed by atoms with E-state index in [1.165, 1.54) is 18.2 Å². The number of allylic oxidation sites excluding steroid dienone is 4. The van der Waals surface area contributed by atoms with Crippen LogP contribution in [0.25, 0.3) is 0 Å². The molecule has 0 N–H and O–H groups in total. The third kappa shape index (κ3) is 4.18. The second-order valence-electron chi connectivity index (χ2n) is 3.06. The molecule has 1 rings (SSSR count). The van der Waals surface area contributed by atoms with E-state index in [0.717, 1.165) is 12.2 Å². The maximum atomic E-state index is 12.5. The van der Waals surface area contributed by atoms with E-state index in [2.05, 4.69) is 16.6 Å². The highest BCUT2D eigenvalue weighted by Crippen LogP contribution is 2.19. The van der Waals surface area contributed by atoms with Crippen molar-refractivity contribution in [1.82, 2.24) is 0 Å². The van der Waals surface area contributed by atoms with Crippen LogP contribution in [-0.4, -0.2) is 30.1 Å². The zero-order chi connectivity index (χ0) is 12.9. The first kappa shape index (κ1) is 13.1. The molecule has 3 nitrogen and oxygen atoms in total. The number of rotatable bonds is 2. The van der Waals surface area contributed by atoms with Crippen LogP contribution in [0.3, 0.4) is 0 Å². The molecule has 0 amide bonds. The highest BCUT2D eigenvalue weighted by atomic mass is 19.4. The van der Waals surface area contributed by atoms with Crippen molar-refractivity contribution in [3.63, 3.8) is 0 Å². The van der Waals surface area contributed by atoms with Crippen LogP contribution in [0, 0.1) is 0 Å². The molecule has 0 saturated carbocycles. The van der Waals surface area contributed by atoms with Gasteiger partial charge in [0.2, 0.25) is 5.84 Å². The normalized spacial score (nSPS) is 16.3. The zero-order valence-electron chi connectivity index (χ0n) is 8.74. The van der Waals surface area contributed by atoms with Crippen LogP contribution < -0.4 is 0 Å². The largest absolute Gasteiger partial charge is 0.451 e. The Hall–Kier alpha value is -1.98. The predicted octanol–water partition coefficient (Wildman–Crippen LogP) is 2.27. The Labute approximate surface area is 95.8 Å². The van der Waals surface area contributed by atoms with Gasteiger partial charge in [-0.3, -0.25) is 9.79 Å². The van der Waals surface area contributed by atoms with Crippen molar-refractivity contribution >= 4 is 17.3 Å². The van der Waals surface area contributed by atoms with Crippen molar-refractivity contribution in [2.24, 2.45) is 9.98 Å². The van der Waals surface area contributed by atoms with Crippen molar-refractivity contribution < 1.29 is 18.0 Å². The lowest BCUT2D eigenvalue weighted by Crippen LogP contribution is -2.22. The van der Waals surface area contributed by atoms with Crippen molar-refractivity contribution in [1.29, 1.82) is 0 Å². The molecule has 0 unspecified atom stereocenters. The van der Waals surface area contributed by atoms with Crippen molar-refractivity contribution in [2.75, 3.05) is 6.54 Å². The lowest BCUT2D eigenvalue weighted by Gasteiger charge is -2.06. The number of carbonyl (C=O) groups is 1. The average Bonchev–Trinajstić information content (AvgIpc) is 2.25. The Morgan fingerprint density at radius 3 is 2.35 bits per heavy atom. The van der Waals surface area contributed by atoms with Gasteiger partial charge in [0.25, 0.3) is 0 Å². The van der Waals surface area contributed by atoms with Gasteiger partial charge in [-0.15, -0.1) is 6.58 Å². The summed E-state index contributed by atoms with van der Waals surface area (Å²) < 4.78 is 37.5. The summed E-state index contributed by atoms with van der Waals surface area (Å²) in [6, 6.07) is 0. The molecule has 0 aromatic rings. The van der Waals surface area contributed by atoms with Crippen LogP contribution in [0.5, 0.6) is 0 Å². The van der Waals surface area contributed by atoms with E-state index < -0.39 is 12.0 Å². The molecule has 0 atom stereocenters. The first-order valence-electron chi connectivity index (χ1n) is 4.65. The molecule has 0 bridgehead atoms. The number of carbonyl (C=O) groups excluding carboxylic acids is 1. The summed E-state index contributed by atoms with van der Waals surface area (Å²) in [6.07, 6.45) is 1.30. The van der Waals surface area contributed by atoms with E-state index >= 15 is 0 Å². The Kier molecular flexibility index (Phi) is 4.14. The average molecular weight is 242 g/mol. The second kappa shape index (κ2) is 5.38. The number of aliphatic imine (C=N–C) groups is 2. The minimum absolute atomic E-state index is 0.0322. The van der Waals surface area contributed by atoms with E-state index in [9.17, 15) is 18.0 Å².